The van der Waals surface area contributed by atoms with Gasteiger partial charge in [-0.2, -0.15) is 0 Å². The molecule has 2 aromatic rings. The minimum absolute atomic E-state index is 0.126. The Kier molecular flexibility index (Phi) is 7.48. The molecule has 0 aliphatic heterocycles. The molecule has 7 heteroatoms. The third kappa shape index (κ3) is 6.35. The number of thioether (sulfide) groups is 1. The van der Waals surface area contributed by atoms with Crippen molar-refractivity contribution in [1.29, 1.82) is 0 Å². The predicted molar refractivity (Wildman–Crippen MR) is 105 cm³/mol. The summed E-state index contributed by atoms with van der Waals surface area (Å²) in [4.78, 5) is 24.2. The Bertz CT molecular complexity index is 753. The molecule has 0 saturated carbocycles. The molecule has 0 radical (unpaired) electrons. The minimum atomic E-state index is -0.385. The van der Waals surface area contributed by atoms with E-state index in [-0.39, 0.29) is 34.7 Å². The van der Waals surface area contributed by atoms with E-state index in [1.54, 1.807) is 19.1 Å². The van der Waals surface area contributed by atoms with Gasteiger partial charge in [0.25, 0.3) is 0 Å². The van der Waals surface area contributed by atoms with Gasteiger partial charge in [-0.3, -0.25) is 9.59 Å². The molecule has 4 nitrogen and oxygen atoms in total. The van der Waals surface area contributed by atoms with Crippen LogP contribution in [-0.2, 0) is 9.59 Å². The van der Waals surface area contributed by atoms with Gasteiger partial charge in [-0.15, -0.1) is 11.8 Å². The number of hydrogen-bond donors (Lipinski definition) is 2. The highest BCUT2D eigenvalue weighted by molar-refractivity contribution is 8.01. The fourth-order valence-electron chi connectivity index (χ4n) is 2.17. The van der Waals surface area contributed by atoms with Gasteiger partial charge in [0.05, 0.1) is 17.0 Å². The molecule has 26 heavy (non-hydrogen) atoms. The Morgan fingerprint density at radius 1 is 1.08 bits per heavy atom. The molecule has 0 heterocycles. The third-order valence-electron chi connectivity index (χ3n) is 3.69. The van der Waals surface area contributed by atoms with Crippen LogP contribution in [0.1, 0.15) is 25.5 Å². The zero-order valence-corrected chi connectivity index (χ0v) is 16.0. The molecule has 2 N–H and O–H groups in total. The molecule has 2 atom stereocenters. The second kappa shape index (κ2) is 9.59. The van der Waals surface area contributed by atoms with E-state index < -0.39 is 0 Å². The molecule has 2 rings (SSSR count). The second-order valence-corrected chi connectivity index (χ2v) is 7.56. The number of halogens is 2. The van der Waals surface area contributed by atoms with E-state index in [1.807, 2.05) is 19.1 Å². The van der Waals surface area contributed by atoms with Crippen LogP contribution < -0.4 is 10.6 Å². The summed E-state index contributed by atoms with van der Waals surface area (Å²) >= 11 is 7.10. The van der Waals surface area contributed by atoms with Gasteiger partial charge in [0.2, 0.25) is 11.8 Å². The van der Waals surface area contributed by atoms with E-state index in [2.05, 4.69) is 10.6 Å². The standard InChI is InChI=1S/C19H20ClFN2O2S/c1-12(14-3-5-15(20)6-4-14)22-19(25)13(2)26-11-18(24)23-17-9-7-16(21)8-10-17/h3-10,12-13H,11H2,1-2H3,(H,22,25)(H,23,24). The van der Waals surface area contributed by atoms with Crippen molar-refractivity contribution in [3.8, 4) is 0 Å². The lowest BCUT2D eigenvalue weighted by molar-refractivity contribution is -0.120. The average molecular weight is 395 g/mol. The van der Waals surface area contributed by atoms with Crippen molar-refractivity contribution in [2.45, 2.75) is 25.1 Å². The van der Waals surface area contributed by atoms with E-state index in [0.29, 0.717) is 10.7 Å². The molecule has 0 aliphatic carbocycles. The van der Waals surface area contributed by atoms with Crippen molar-refractivity contribution in [3.63, 3.8) is 0 Å². The number of anilines is 1. The van der Waals surface area contributed by atoms with Crippen molar-refractivity contribution in [3.05, 3.63) is 64.9 Å². The Balaban J connectivity index is 1.78. The van der Waals surface area contributed by atoms with Gasteiger partial charge in [0, 0.05) is 10.7 Å². The molecular weight excluding hydrogens is 375 g/mol. The quantitative estimate of drug-likeness (QED) is 0.731. The van der Waals surface area contributed by atoms with Gasteiger partial charge >= 0.3 is 0 Å². The largest absolute Gasteiger partial charge is 0.349 e. The highest BCUT2D eigenvalue weighted by Gasteiger charge is 2.18. The molecule has 2 amide bonds. The molecule has 0 aromatic heterocycles. The van der Waals surface area contributed by atoms with E-state index >= 15 is 0 Å². The van der Waals surface area contributed by atoms with E-state index in [0.717, 1.165) is 5.56 Å². The number of amides is 2. The summed E-state index contributed by atoms with van der Waals surface area (Å²) in [5.74, 6) is -0.627. The van der Waals surface area contributed by atoms with Crippen molar-refractivity contribution < 1.29 is 14.0 Å². The topological polar surface area (TPSA) is 58.2 Å². The smallest absolute Gasteiger partial charge is 0.234 e. The summed E-state index contributed by atoms with van der Waals surface area (Å²) in [6, 6.07) is 12.6. The second-order valence-electron chi connectivity index (χ2n) is 5.79. The summed E-state index contributed by atoms with van der Waals surface area (Å²) in [6.07, 6.45) is 0. The van der Waals surface area contributed by atoms with Crippen molar-refractivity contribution in [1.82, 2.24) is 5.32 Å². The molecule has 0 aliphatic rings. The third-order valence-corrected chi connectivity index (χ3v) is 5.09. The van der Waals surface area contributed by atoms with Gasteiger partial charge in [-0.25, -0.2) is 4.39 Å². The van der Waals surface area contributed by atoms with Crippen molar-refractivity contribution in [2.24, 2.45) is 0 Å². The minimum Gasteiger partial charge on any atom is -0.349 e. The number of benzene rings is 2. The Morgan fingerprint density at radius 2 is 1.69 bits per heavy atom. The van der Waals surface area contributed by atoms with Crippen LogP contribution in [0.2, 0.25) is 5.02 Å². The molecule has 0 fully saturated rings. The van der Waals surface area contributed by atoms with Crippen LogP contribution in [-0.4, -0.2) is 22.8 Å². The Hall–Kier alpha value is -2.05. The van der Waals surface area contributed by atoms with Gasteiger partial charge in [-0.1, -0.05) is 23.7 Å². The first kappa shape index (κ1) is 20.3. The van der Waals surface area contributed by atoms with Gasteiger partial charge in [0.1, 0.15) is 5.82 Å². The SMILES string of the molecule is CC(SCC(=O)Nc1ccc(F)cc1)C(=O)NC(C)c1ccc(Cl)cc1. The molecule has 2 unspecified atom stereocenters. The van der Waals surface area contributed by atoms with Gasteiger partial charge in [-0.05, 0) is 55.8 Å². The molecule has 2 aromatic carbocycles. The summed E-state index contributed by atoms with van der Waals surface area (Å²) in [5.41, 5.74) is 1.47. The number of rotatable bonds is 7. The summed E-state index contributed by atoms with van der Waals surface area (Å²) < 4.78 is 12.8. The number of hydrogen-bond acceptors (Lipinski definition) is 3. The lowest BCUT2D eigenvalue weighted by Crippen LogP contribution is -2.33. The van der Waals surface area contributed by atoms with Gasteiger partial charge in [0.15, 0.2) is 0 Å². The van der Waals surface area contributed by atoms with Crippen LogP contribution in [0, 0.1) is 5.82 Å². The maximum absolute atomic E-state index is 12.8. The van der Waals surface area contributed by atoms with E-state index in [9.17, 15) is 14.0 Å². The summed E-state index contributed by atoms with van der Waals surface area (Å²) in [5, 5.41) is 5.84. The summed E-state index contributed by atoms with van der Waals surface area (Å²) in [7, 11) is 0. The first-order chi connectivity index (χ1) is 12.3. The monoisotopic (exact) mass is 394 g/mol. The number of nitrogens with one attached hydrogen (secondary N) is 2. The van der Waals surface area contributed by atoms with E-state index in [4.69, 9.17) is 11.6 Å². The van der Waals surface area contributed by atoms with Crippen LogP contribution in [0.4, 0.5) is 10.1 Å². The first-order valence-corrected chi connectivity index (χ1v) is 9.50. The maximum atomic E-state index is 12.8. The fourth-order valence-corrected chi connectivity index (χ4v) is 2.99. The molecule has 0 saturated heterocycles. The average Bonchev–Trinajstić information content (AvgIpc) is 2.62. The first-order valence-electron chi connectivity index (χ1n) is 8.08. The van der Waals surface area contributed by atoms with Crippen molar-refractivity contribution in [2.75, 3.05) is 11.1 Å². The maximum Gasteiger partial charge on any atom is 0.234 e. The van der Waals surface area contributed by atoms with Crippen LogP contribution in [0.5, 0.6) is 0 Å². The van der Waals surface area contributed by atoms with Crippen LogP contribution in [0.25, 0.3) is 0 Å². The molecular formula is C19H20ClFN2O2S. The lowest BCUT2D eigenvalue weighted by Gasteiger charge is -2.18. The Morgan fingerprint density at radius 3 is 2.31 bits per heavy atom. The number of carbonyl (C=O) groups excluding carboxylic acids is 2. The lowest BCUT2D eigenvalue weighted by atomic mass is 10.1. The Labute approximate surface area is 161 Å². The highest BCUT2D eigenvalue weighted by atomic mass is 35.5. The predicted octanol–water partition coefficient (Wildman–Crippen LogP) is 4.42. The molecule has 0 bridgehead atoms. The zero-order chi connectivity index (χ0) is 19.1. The molecule has 138 valence electrons. The zero-order valence-electron chi connectivity index (χ0n) is 14.5. The van der Waals surface area contributed by atoms with Crippen molar-refractivity contribution >= 4 is 40.9 Å². The summed E-state index contributed by atoms with van der Waals surface area (Å²) in [6.45, 7) is 3.64. The number of carbonyl (C=O) groups is 2. The van der Waals surface area contributed by atoms with Crippen LogP contribution in [0.15, 0.2) is 48.5 Å². The highest BCUT2D eigenvalue weighted by Crippen LogP contribution is 2.18. The van der Waals surface area contributed by atoms with Crippen LogP contribution >= 0.6 is 23.4 Å². The normalized spacial score (nSPS) is 12.9. The van der Waals surface area contributed by atoms with Crippen LogP contribution in [0.3, 0.4) is 0 Å². The molecule has 0 spiro atoms. The van der Waals surface area contributed by atoms with Gasteiger partial charge < -0.3 is 10.6 Å². The van der Waals surface area contributed by atoms with E-state index in [1.165, 1.54) is 36.0 Å². The fraction of sp³-hybridized carbons (Fsp3) is 0.263.